The minimum Gasteiger partial charge on any atom is -0.506 e. The fraction of sp³-hybridized carbons (Fsp3) is 0.390. The zero-order valence-corrected chi connectivity index (χ0v) is 34.6. The number of aromatic hydroxyl groups is 1. The lowest BCUT2D eigenvalue weighted by Gasteiger charge is -2.32. The summed E-state index contributed by atoms with van der Waals surface area (Å²) in [5.41, 5.74) is 16.0. The van der Waals surface area contributed by atoms with Crippen LogP contribution >= 0.6 is 0 Å². The van der Waals surface area contributed by atoms with Crippen LogP contribution in [0.1, 0.15) is 80.8 Å². The maximum absolute atomic E-state index is 14.0. The summed E-state index contributed by atoms with van der Waals surface area (Å²) in [7, 11) is 3.47. The van der Waals surface area contributed by atoms with E-state index >= 15 is 0 Å². The second kappa shape index (κ2) is 17.1. The molecule has 1 aliphatic rings. The molecular weight excluding hydrogens is 759 g/mol. The van der Waals surface area contributed by atoms with Gasteiger partial charge in [0.2, 0.25) is 23.2 Å². The molecule has 18 heteroatoms. The number of nitrogens with zero attached hydrogens (tertiary/aromatic N) is 9. The first-order valence-corrected chi connectivity index (χ1v) is 19.5. The Bertz CT molecular complexity index is 2560. The van der Waals surface area contributed by atoms with Crippen LogP contribution < -0.4 is 26.9 Å². The molecular formula is C41H51N11O7. The second-order valence-corrected chi connectivity index (χ2v) is 14.2. The molecule has 0 unspecified atom stereocenters. The number of carbonyl (C=O) groups is 4. The Morgan fingerprint density at radius 2 is 1.39 bits per heavy atom. The van der Waals surface area contributed by atoms with Crippen LogP contribution in [-0.4, -0.2) is 96.3 Å². The average Bonchev–Trinajstić information content (AvgIpc) is 3.92. The summed E-state index contributed by atoms with van der Waals surface area (Å²) < 4.78 is 19.7. The molecule has 0 saturated carbocycles. The Hall–Kier alpha value is -6.53. The highest BCUT2D eigenvalue weighted by atomic mass is 16.5. The van der Waals surface area contributed by atoms with Crippen LogP contribution in [0.25, 0.3) is 11.0 Å². The molecule has 3 aromatic heterocycles. The van der Waals surface area contributed by atoms with Crippen molar-refractivity contribution in [2.75, 3.05) is 36.6 Å². The summed E-state index contributed by atoms with van der Waals surface area (Å²) in [6.45, 7) is 12.7. The Balaban J connectivity index is 1.49. The van der Waals surface area contributed by atoms with Gasteiger partial charge in [-0.25, -0.2) is 0 Å². The van der Waals surface area contributed by atoms with Gasteiger partial charge in [-0.2, -0.15) is 15.2 Å². The molecule has 0 saturated heterocycles. The largest absolute Gasteiger partial charge is 0.506 e. The molecule has 6 rings (SSSR count). The van der Waals surface area contributed by atoms with E-state index in [1.165, 1.54) is 12.1 Å². The second-order valence-electron chi connectivity index (χ2n) is 14.2. The van der Waals surface area contributed by atoms with Gasteiger partial charge in [0.25, 0.3) is 5.91 Å². The van der Waals surface area contributed by atoms with Crippen LogP contribution in [0.2, 0.25) is 0 Å². The number of phenols is 1. The molecule has 3 amide bonds. The van der Waals surface area contributed by atoms with E-state index in [1.54, 1.807) is 81.1 Å². The highest BCUT2D eigenvalue weighted by molar-refractivity contribution is 6.06. The van der Waals surface area contributed by atoms with Crippen molar-refractivity contribution in [3.05, 3.63) is 93.9 Å². The molecule has 0 radical (unpaired) electrons. The molecule has 4 heterocycles. The number of fused-ring (bicyclic) bond motifs is 2. The molecule has 2 aromatic carbocycles. The number of phenolic OH excluding ortho intramolecular Hbond substituents is 1. The number of ether oxygens (including phenoxy) is 2. The van der Waals surface area contributed by atoms with E-state index in [4.69, 9.17) is 20.9 Å². The fourth-order valence-electron chi connectivity index (χ4n) is 7.57. The normalized spacial score (nSPS) is 14.7. The van der Waals surface area contributed by atoms with Gasteiger partial charge in [0.1, 0.15) is 40.9 Å². The van der Waals surface area contributed by atoms with E-state index in [9.17, 15) is 24.3 Å². The number of rotatable bonds is 16. The van der Waals surface area contributed by atoms with Gasteiger partial charge in [0.05, 0.1) is 41.2 Å². The van der Waals surface area contributed by atoms with Crippen LogP contribution in [0.15, 0.2) is 59.4 Å². The van der Waals surface area contributed by atoms with E-state index in [0.717, 1.165) is 0 Å². The third kappa shape index (κ3) is 8.13. The number of hydrogen-bond acceptors (Lipinski definition) is 11. The van der Waals surface area contributed by atoms with Gasteiger partial charge >= 0.3 is 0 Å². The van der Waals surface area contributed by atoms with E-state index in [-0.39, 0.29) is 54.6 Å². The Kier molecular flexibility index (Phi) is 12.2. The number of anilines is 2. The van der Waals surface area contributed by atoms with Gasteiger partial charge in [0, 0.05) is 57.6 Å². The number of amides is 3. The summed E-state index contributed by atoms with van der Waals surface area (Å²) in [6, 6.07) is 11.3. The summed E-state index contributed by atoms with van der Waals surface area (Å²) in [4.78, 5) is 60.5. The maximum Gasteiger partial charge on any atom is 0.298 e. The van der Waals surface area contributed by atoms with Crippen LogP contribution in [0.5, 0.6) is 5.75 Å². The van der Waals surface area contributed by atoms with Crippen molar-refractivity contribution in [3.63, 3.8) is 0 Å². The standard InChI is InChI=1S/C41H51N11O7/c1-9-51-29(15-23(5)45-51)32(53)20-36-47(7)30-18-26(39(43)56)19-33(54)37(30)50(36)22-35(59-12-4)34(58-11-3)21-49-27-14-13-25(38(42)55)17-28(27)48(8)41(49)44-40(57)31-16-24(6)46-52(31)10-2/h13-20,34-35,54H,9-12,21-22H2,1-8H3,(H2,42,55)(H2,43,56)/b36-20+,44-41?/t34-,35-/m1/s1. The minimum absolute atomic E-state index is 0.0576. The summed E-state index contributed by atoms with van der Waals surface area (Å²) in [6.07, 6.45) is 0.00403. The zero-order valence-electron chi connectivity index (χ0n) is 34.6. The number of allylic oxidation sites excluding steroid dienone is 1. The monoisotopic (exact) mass is 809 g/mol. The molecule has 0 spiro atoms. The smallest absolute Gasteiger partial charge is 0.298 e. The van der Waals surface area contributed by atoms with Crippen molar-refractivity contribution in [1.29, 1.82) is 0 Å². The maximum atomic E-state index is 14.0. The summed E-state index contributed by atoms with van der Waals surface area (Å²) in [5, 5.41) is 20.4. The van der Waals surface area contributed by atoms with Crippen LogP contribution in [-0.2, 0) is 36.2 Å². The van der Waals surface area contributed by atoms with E-state index in [0.29, 0.717) is 64.1 Å². The predicted molar refractivity (Wildman–Crippen MR) is 220 cm³/mol. The van der Waals surface area contributed by atoms with Crippen LogP contribution in [0.3, 0.4) is 0 Å². The number of nitrogens with two attached hydrogens (primary N) is 2. The number of hydrogen-bond donors (Lipinski definition) is 3. The molecule has 5 aromatic rings. The molecule has 5 N–H and O–H groups in total. The molecule has 0 bridgehead atoms. The first kappa shape index (κ1) is 42.1. The lowest BCUT2D eigenvalue weighted by molar-refractivity contribution is -0.0692. The lowest BCUT2D eigenvalue weighted by Crippen LogP contribution is -2.45. The molecule has 18 nitrogen and oxygen atoms in total. The fourth-order valence-corrected chi connectivity index (χ4v) is 7.57. The Morgan fingerprint density at radius 1 is 0.797 bits per heavy atom. The highest BCUT2D eigenvalue weighted by Gasteiger charge is 2.38. The topological polar surface area (TPSA) is 223 Å². The van der Waals surface area contributed by atoms with Crippen molar-refractivity contribution < 1.29 is 33.8 Å². The first-order valence-electron chi connectivity index (χ1n) is 19.5. The molecule has 0 aliphatic carbocycles. The third-order valence-corrected chi connectivity index (χ3v) is 10.3. The molecule has 59 heavy (non-hydrogen) atoms. The third-order valence-electron chi connectivity index (χ3n) is 10.3. The number of aryl methyl sites for hydroxylation is 5. The quantitative estimate of drug-likeness (QED) is 0.0970. The number of carbonyl (C=O) groups excluding carboxylic acids is 4. The number of aromatic nitrogens is 6. The van der Waals surface area contributed by atoms with Gasteiger partial charge in [0.15, 0.2) is 0 Å². The van der Waals surface area contributed by atoms with E-state index < -0.39 is 29.9 Å². The van der Waals surface area contributed by atoms with Gasteiger partial charge in [-0.05, 0) is 84.0 Å². The predicted octanol–water partition coefficient (Wildman–Crippen LogP) is 3.16. The number of ketones is 1. The molecule has 312 valence electrons. The van der Waals surface area contributed by atoms with Crippen molar-refractivity contribution in [1.82, 2.24) is 28.7 Å². The van der Waals surface area contributed by atoms with E-state index in [2.05, 4.69) is 15.2 Å². The summed E-state index contributed by atoms with van der Waals surface area (Å²) in [5.74, 6) is -2.02. The van der Waals surface area contributed by atoms with Crippen LogP contribution in [0, 0.1) is 13.8 Å². The minimum atomic E-state index is -0.739. The van der Waals surface area contributed by atoms with Crippen molar-refractivity contribution >= 4 is 45.9 Å². The van der Waals surface area contributed by atoms with Crippen molar-refractivity contribution in [2.45, 2.75) is 73.4 Å². The zero-order chi connectivity index (χ0) is 42.9. The number of imidazole rings is 1. The van der Waals surface area contributed by atoms with Crippen LogP contribution in [0.4, 0.5) is 11.4 Å². The van der Waals surface area contributed by atoms with Gasteiger partial charge in [-0.1, -0.05) is 0 Å². The van der Waals surface area contributed by atoms with Crippen molar-refractivity contribution in [2.24, 2.45) is 23.5 Å². The lowest BCUT2D eigenvalue weighted by atomic mass is 10.1. The van der Waals surface area contributed by atoms with Gasteiger partial charge in [-0.15, -0.1) is 0 Å². The Labute approximate surface area is 340 Å². The first-order chi connectivity index (χ1) is 28.1. The average molecular weight is 810 g/mol. The molecule has 1 aliphatic heterocycles. The SMILES string of the molecule is CCO[C@H](CN1/C(=C/C(=O)c2cc(C)nn2CC)N(C)c2cc(C(N)=O)cc(O)c21)[C@@H](Cn1c(=NC(=O)c2cc(C)nn2CC)n(C)c2cc(C(N)=O)ccc21)OCC. The summed E-state index contributed by atoms with van der Waals surface area (Å²) >= 11 is 0. The van der Waals surface area contributed by atoms with Gasteiger partial charge < -0.3 is 45.0 Å². The molecule has 0 fully saturated rings. The molecule has 2 atom stereocenters. The highest BCUT2D eigenvalue weighted by Crippen LogP contribution is 2.47. The number of benzene rings is 2. The van der Waals surface area contributed by atoms with Crippen molar-refractivity contribution in [3.8, 4) is 5.75 Å². The van der Waals surface area contributed by atoms with Gasteiger partial charge in [-0.3, -0.25) is 28.5 Å². The van der Waals surface area contributed by atoms with E-state index in [1.807, 2.05) is 39.2 Å². The Morgan fingerprint density at radius 3 is 1.98 bits per heavy atom. The number of primary amides is 2.